The second-order valence-electron chi connectivity index (χ2n) is 7.04. The predicted molar refractivity (Wildman–Crippen MR) is 123 cm³/mol. The lowest BCUT2D eigenvalue weighted by Crippen LogP contribution is -2.36. The number of hydrogen-bond acceptors (Lipinski definition) is 3. The molecule has 6 heteroatoms. The molecule has 0 fully saturated rings. The van der Waals surface area contributed by atoms with E-state index in [1.807, 2.05) is 24.3 Å². The van der Waals surface area contributed by atoms with Crippen LogP contribution in [0.2, 0.25) is 5.02 Å². The van der Waals surface area contributed by atoms with Crippen molar-refractivity contribution in [2.75, 3.05) is 5.32 Å². The molecule has 0 bridgehead atoms. The van der Waals surface area contributed by atoms with Gasteiger partial charge in [-0.05, 0) is 72.0 Å². The number of benzene rings is 2. The summed E-state index contributed by atoms with van der Waals surface area (Å²) >= 11 is 5.92. The number of rotatable bonds is 6. The largest absolute Gasteiger partial charge is 0.326 e. The van der Waals surface area contributed by atoms with Gasteiger partial charge in [-0.25, -0.2) is 4.99 Å². The third kappa shape index (κ3) is 6.16. The molecule has 1 amide bonds. The second kappa shape index (κ2) is 10.6. The van der Waals surface area contributed by atoms with E-state index in [-0.39, 0.29) is 5.91 Å². The molecule has 0 radical (unpaired) electrons. The summed E-state index contributed by atoms with van der Waals surface area (Å²) in [6.45, 7) is 4.79. The number of anilines is 1. The predicted octanol–water partition coefficient (Wildman–Crippen LogP) is 5.65. The van der Waals surface area contributed by atoms with Gasteiger partial charge in [0.1, 0.15) is 0 Å². The maximum absolute atomic E-state index is 12.7. The summed E-state index contributed by atoms with van der Waals surface area (Å²) in [6, 6.07) is 18.7. The molecule has 154 valence electrons. The van der Waals surface area contributed by atoms with Crippen LogP contribution in [0.3, 0.4) is 0 Å². The van der Waals surface area contributed by atoms with Crippen molar-refractivity contribution in [1.29, 1.82) is 0 Å². The fourth-order valence-corrected chi connectivity index (χ4v) is 2.94. The van der Waals surface area contributed by atoms with Gasteiger partial charge in [-0.3, -0.25) is 15.1 Å². The quantitative estimate of drug-likeness (QED) is 0.400. The highest BCUT2D eigenvalue weighted by Gasteiger charge is 2.10. The van der Waals surface area contributed by atoms with Gasteiger partial charge < -0.3 is 5.32 Å². The molecule has 0 saturated heterocycles. The van der Waals surface area contributed by atoms with E-state index < -0.39 is 0 Å². The topological polar surface area (TPSA) is 66.4 Å². The van der Waals surface area contributed by atoms with E-state index in [0.29, 0.717) is 29.0 Å². The van der Waals surface area contributed by atoms with Crippen LogP contribution in [-0.2, 0) is 6.54 Å². The Morgan fingerprint density at radius 1 is 1.03 bits per heavy atom. The number of nitrogens with one attached hydrogen (secondary N) is 2. The Bertz CT molecular complexity index is 986. The molecule has 0 spiro atoms. The molecular weight excluding hydrogens is 396 g/mol. The molecule has 1 heterocycles. The molecular formula is C24H25ClN4O. The maximum Gasteiger partial charge on any atom is 0.257 e. The van der Waals surface area contributed by atoms with Crippen LogP contribution >= 0.6 is 11.6 Å². The lowest BCUT2D eigenvalue weighted by molar-refractivity contribution is 0.0977. The first kappa shape index (κ1) is 21.5. The highest BCUT2D eigenvalue weighted by atomic mass is 35.5. The van der Waals surface area contributed by atoms with Crippen LogP contribution in [0.1, 0.15) is 47.7 Å². The van der Waals surface area contributed by atoms with Gasteiger partial charge >= 0.3 is 0 Å². The molecule has 3 aromatic rings. The number of carbonyl (C=O) groups excluding carboxylic acids is 1. The van der Waals surface area contributed by atoms with Crippen LogP contribution in [-0.4, -0.2) is 16.9 Å². The highest BCUT2D eigenvalue weighted by Crippen LogP contribution is 2.20. The number of hydrogen-bond donors (Lipinski definition) is 2. The number of aliphatic imine (C=N–C) groups is 1. The zero-order valence-electron chi connectivity index (χ0n) is 17.1. The van der Waals surface area contributed by atoms with Crippen molar-refractivity contribution in [2.45, 2.75) is 32.7 Å². The molecule has 3 rings (SSSR count). The average molecular weight is 421 g/mol. The van der Waals surface area contributed by atoms with Gasteiger partial charge in [-0.2, -0.15) is 0 Å². The smallest absolute Gasteiger partial charge is 0.257 e. The van der Waals surface area contributed by atoms with E-state index in [1.165, 1.54) is 5.56 Å². The van der Waals surface area contributed by atoms with E-state index >= 15 is 0 Å². The third-order valence-electron chi connectivity index (χ3n) is 4.86. The Morgan fingerprint density at radius 3 is 2.33 bits per heavy atom. The SMILES string of the molecule is CCC(C)c1ccc(NC(=NCc2ccncc2)NC(=O)c2ccc(Cl)cc2)cc1. The summed E-state index contributed by atoms with van der Waals surface area (Å²) in [5, 5.41) is 6.66. The van der Waals surface area contributed by atoms with Crippen LogP contribution in [0.25, 0.3) is 0 Å². The Morgan fingerprint density at radius 2 is 1.70 bits per heavy atom. The van der Waals surface area contributed by atoms with Crippen molar-refractivity contribution in [3.05, 3.63) is 94.8 Å². The van der Waals surface area contributed by atoms with E-state index in [2.05, 4.69) is 46.6 Å². The zero-order chi connectivity index (χ0) is 21.3. The van der Waals surface area contributed by atoms with Gasteiger partial charge in [0, 0.05) is 28.7 Å². The number of pyridine rings is 1. The van der Waals surface area contributed by atoms with Gasteiger partial charge in [-0.1, -0.05) is 37.6 Å². The summed E-state index contributed by atoms with van der Waals surface area (Å²) in [4.78, 5) is 21.3. The van der Waals surface area contributed by atoms with Crippen molar-refractivity contribution in [3.63, 3.8) is 0 Å². The third-order valence-corrected chi connectivity index (χ3v) is 5.11. The van der Waals surface area contributed by atoms with Gasteiger partial charge in [0.25, 0.3) is 5.91 Å². The number of nitrogens with zero attached hydrogens (tertiary/aromatic N) is 2. The van der Waals surface area contributed by atoms with Crippen LogP contribution in [0.4, 0.5) is 5.69 Å². The van der Waals surface area contributed by atoms with Crippen molar-refractivity contribution < 1.29 is 4.79 Å². The first-order valence-corrected chi connectivity index (χ1v) is 10.3. The van der Waals surface area contributed by atoms with Crippen molar-refractivity contribution in [2.24, 2.45) is 4.99 Å². The number of carbonyl (C=O) groups is 1. The second-order valence-corrected chi connectivity index (χ2v) is 7.47. The maximum atomic E-state index is 12.7. The van der Waals surface area contributed by atoms with Crippen LogP contribution in [0, 0.1) is 0 Å². The number of halogens is 1. The van der Waals surface area contributed by atoms with Crippen LogP contribution in [0.15, 0.2) is 78.0 Å². The molecule has 2 N–H and O–H groups in total. The first-order valence-electron chi connectivity index (χ1n) is 9.92. The molecule has 5 nitrogen and oxygen atoms in total. The summed E-state index contributed by atoms with van der Waals surface area (Å²) < 4.78 is 0. The van der Waals surface area contributed by atoms with Crippen molar-refractivity contribution >= 4 is 29.2 Å². The number of guanidine groups is 1. The van der Waals surface area contributed by atoms with Crippen LogP contribution < -0.4 is 10.6 Å². The first-order chi connectivity index (χ1) is 14.5. The zero-order valence-corrected chi connectivity index (χ0v) is 17.9. The molecule has 1 aromatic heterocycles. The molecule has 1 atom stereocenters. The average Bonchev–Trinajstić information content (AvgIpc) is 2.78. The highest BCUT2D eigenvalue weighted by molar-refractivity contribution is 6.30. The fourth-order valence-electron chi connectivity index (χ4n) is 2.82. The minimum absolute atomic E-state index is 0.260. The Balaban J connectivity index is 1.78. The molecule has 2 aromatic carbocycles. The van der Waals surface area contributed by atoms with Gasteiger partial charge in [0.05, 0.1) is 6.54 Å². The van der Waals surface area contributed by atoms with E-state index in [9.17, 15) is 4.79 Å². The number of amides is 1. The van der Waals surface area contributed by atoms with Crippen molar-refractivity contribution in [1.82, 2.24) is 10.3 Å². The summed E-state index contributed by atoms with van der Waals surface area (Å²) in [5.41, 5.74) is 3.64. The Labute approximate surface area is 182 Å². The summed E-state index contributed by atoms with van der Waals surface area (Å²) in [6.07, 6.45) is 4.53. The summed E-state index contributed by atoms with van der Waals surface area (Å²) in [7, 11) is 0. The molecule has 0 aliphatic carbocycles. The standard InChI is InChI=1S/C24H25ClN4O/c1-3-17(2)19-6-10-22(11-7-19)28-24(27-16-18-12-14-26-15-13-18)29-23(30)20-4-8-21(25)9-5-20/h4-15,17H,3,16H2,1-2H3,(H2,27,28,29,30). The Hall–Kier alpha value is -3.18. The molecule has 1 unspecified atom stereocenters. The van der Waals surface area contributed by atoms with E-state index in [1.54, 1.807) is 36.7 Å². The fraction of sp³-hybridized carbons (Fsp3) is 0.208. The number of aromatic nitrogens is 1. The normalized spacial score (nSPS) is 12.3. The van der Waals surface area contributed by atoms with Crippen molar-refractivity contribution in [3.8, 4) is 0 Å². The van der Waals surface area contributed by atoms with Gasteiger partial charge in [0.2, 0.25) is 5.96 Å². The lowest BCUT2D eigenvalue weighted by atomic mass is 9.99. The minimum Gasteiger partial charge on any atom is -0.326 e. The summed E-state index contributed by atoms with van der Waals surface area (Å²) in [5.74, 6) is 0.621. The molecule has 0 aliphatic heterocycles. The molecule has 30 heavy (non-hydrogen) atoms. The van der Waals surface area contributed by atoms with Gasteiger partial charge in [0.15, 0.2) is 0 Å². The monoisotopic (exact) mass is 420 g/mol. The van der Waals surface area contributed by atoms with Crippen LogP contribution in [0.5, 0.6) is 0 Å². The minimum atomic E-state index is -0.260. The molecule has 0 aliphatic rings. The van der Waals surface area contributed by atoms with E-state index in [0.717, 1.165) is 17.7 Å². The Kier molecular flexibility index (Phi) is 7.57. The molecule has 0 saturated carbocycles. The lowest BCUT2D eigenvalue weighted by Gasteiger charge is -2.14. The van der Waals surface area contributed by atoms with E-state index in [4.69, 9.17) is 11.6 Å². The van der Waals surface area contributed by atoms with Gasteiger partial charge in [-0.15, -0.1) is 0 Å².